The van der Waals surface area contributed by atoms with Crippen LogP contribution in [0.1, 0.15) is 52.6 Å². The Labute approximate surface area is 149 Å². The smallest absolute Gasteiger partial charge is 0.412 e. The SMILES string of the molecule is CC(C)(C)OC(=O)Nc1cc2c(cc1Cl)C(=O)c1ccccc1C2=O. The van der Waals surface area contributed by atoms with E-state index in [-0.39, 0.29) is 33.4 Å². The quantitative estimate of drug-likeness (QED) is 0.697. The molecule has 0 atom stereocenters. The maximum atomic E-state index is 12.7. The van der Waals surface area contributed by atoms with Crippen LogP contribution in [0, 0.1) is 0 Å². The van der Waals surface area contributed by atoms with Gasteiger partial charge in [0.2, 0.25) is 0 Å². The number of hydrogen-bond acceptors (Lipinski definition) is 4. The molecule has 2 aromatic carbocycles. The number of hydrogen-bond donors (Lipinski definition) is 1. The molecule has 1 amide bonds. The number of carbonyl (C=O) groups is 3. The molecule has 0 aliphatic heterocycles. The predicted octanol–water partition coefficient (Wildman–Crippen LogP) is 4.46. The van der Waals surface area contributed by atoms with E-state index in [0.717, 1.165) is 0 Å². The van der Waals surface area contributed by atoms with Crippen molar-refractivity contribution in [3.8, 4) is 0 Å². The number of ketones is 2. The third kappa shape index (κ3) is 3.28. The molecule has 0 saturated heterocycles. The predicted molar refractivity (Wildman–Crippen MR) is 94.6 cm³/mol. The third-order valence-corrected chi connectivity index (χ3v) is 3.96. The molecular formula is C19H16ClNO4. The number of rotatable bonds is 1. The molecule has 0 unspecified atom stereocenters. The van der Waals surface area contributed by atoms with E-state index >= 15 is 0 Å². The average molecular weight is 358 g/mol. The number of benzene rings is 2. The van der Waals surface area contributed by atoms with Gasteiger partial charge in [-0.25, -0.2) is 4.79 Å². The molecule has 2 aromatic rings. The lowest BCUT2D eigenvalue weighted by atomic mass is 9.84. The van der Waals surface area contributed by atoms with Gasteiger partial charge >= 0.3 is 6.09 Å². The number of nitrogens with one attached hydrogen (secondary N) is 1. The lowest BCUT2D eigenvalue weighted by Crippen LogP contribution is -2.27. The van der Waals surface area contributed by atoms with Crippen molar-refractivity contribution < 1.29 is 19.1 Å². The first kappa shape index (κ1) is 17.2. The fourth-order valence-electron chi connectivity index (χ4n) is 2.63. The summed E-state index contributed by atoms with van der Waals surface area (Å²) >= 11 is 6.18. The highest BCUT2D eigenvalue weighted by atomic mass is 35.5. The maximum absolute atomic E-state index is 12.7. The van der Waals surface area contributed by atoms with Crippen molar-refractivity contribution in [2.45, 2.75) is 26.4 Å². The van der Waals surface area contributed by atoms with E-state index in [0.29, 0.717) is 11.1 Å². The number of halogens is 1. The van der Waals surface area contributed by atoms with Crippen LogP contribution in [0.3, 0.4) is 0 Å². The highest BCUT2D eigenvalue weighted by molar-refractivity contribution is 6.36. The van der Waals surface area contributed by atoms with Gasteiger partial charge in [0.1, 0.15) is 5.60 Å². The minimum absolute atomic E-state index is 0.158. The first-order valence-electron chi connectivity index (χ1n) is 7.69. The van der Waals surface area contributed by atoms with Crippen molar-refractivity contribution in [1.82, 2.24) is 0 Å². The highest BCUT2D eigenvalue weighted by Gasteiger charge is 2.30. The molecule has 0 bridgehead atoms. The van der Waals surface area contributed by atoms with Crippen molar-refractivity contribution in [3.05, 3.63) is 63.7 Å². The van der Waals surface area contributed by atoms with Crippen LogP contribution in [0.2, 0.25) is 5.02 Å². The summed E-state index contributed by atoms with van der Waals surface area (Å²) in [5, 5.41) is 2.68. The number of ether oxygens (including phenoxy) is 1. The molecule has 6 heteroatoms. The molecule has 1 N–H and O–H groups in total. The van der Waals surface area contributed by atoms with Gasteiger partial charge in [0.25, 0.3) is 0 Å². The molecule has 0 fully saturated rings. The summed E-state index contributed by atoms with van der Waals surface area (Å²) in [6.07, 6.45) is -0.690. The zero-order valence-corrected chi connectivity index (χ0v) is 14.7. The van der Waals surface area contributed by atoms with Crippen molar-refractivity contribution >= 4 is 34.9 Å². The highest BCUT2D eigenvalue weighted by Crippen LogP contribution is 2.33. The topological polar surface area (TPSA) is 72.5 Å². The Morgan fingerprint density at radius 2 is 1.48 bits per heavy atom. The Hall–Kier alpha value is -2.66. The van der Waals surface area contributed by atoms with E-state index in [9.17, 15) is 14.4 Å². The van der Waals surface area contributed by atoms with Gasteiger partial charge in [-0.05, 0) is 32.9 Å². The monoisotopic (exact) mass is 357 g/mol. The van der Waals surface area contributed by atoms with Gasteiger partial charge in [0, 0.05) is 22.3 Å². The molecule has 0 spiro atoms. The van der Waals surface area contributed by atoms with Crippen molar-refractivity contribution in [1.29, 1.82) is 0 Å². The second-order valence-electron chi connectivity index (χ2n) is 6.71. The molecule has 0 heterocycles. The summed E-state index contributed by atoms with van der Waals surface area (Å²) in [6.45, 7) is 5.21. The maximum Gasteiger partial charge on any atom is 0.412 e. The standard InChI is InChI=1S/C19H16ClNO4/c1-19(2,3)25-18(24)21-15-9-13-12(8-14(15)20)16(22)10-6-4-5-7-11(10)17(13)23/h4-9H,1-3H3,(H,21,24). The van der Waals surface area contributed by atoms with Crippen LogP contribution in [0.5, 0.6) is 0 Å². The summed E-state index contributed by atoms with van der Waals surface area (Å²) in [6, 6.07) is 9.44. The molecular weight excluding hydrogens is 342 g/mol. The van der Waals surface area contributed by atoms with Gasteiger partial charge in [-0.2, -0.15) is 0 Å². The first-order chi connectivity index (χ1) is 11.7. The van der Waals surface area contributed by atoms with E-state index in [1.54, 1.807) is 45.0 Å². The lowest BCUT2D eigenvalue weighted by Gasteiger charge is -2.21. The van der Waals surface area contributed by atoms with Crippen LogP contribution < -0.4 is 5.32 Å². The van der Waals surface area contributed by atoms with Crippen molar-refractivity contribution in [3.63, 3.8) is 0 Å². The average Bonchev–Trinajstić information content (AvgIpc) is 2.52. The molecule has 0 radical (unpaired) electrons. The van der Waals surface area contributed by atoms with E-state index < -0.39 is 11.7 Å². The molecule has 0 saturated carbocycles. The minimum Gasteiger partial charge on any atom is -0.444 e. The van der Waals surface area contributed by atoms with Gasteiger partial charge in [-0.1, -0.05) is 35.9 Å². The Morgan fingerprint density at radius 3 is 2.00 bits per heavy atom. The Morgan fingerprint density at radius 1 is 0.960 bits per heavy atom. The van der Waals surface area contributed by atoms with Crippen LogP contribution in [0.25, 0.3) is 0 Å². The lowest BCUT2D eigenvalue weighted by molar-refractivity contribution is 0.0635. The van der Waals surface area contributed by atoms with Crippen molar-refractivity contribution in [2.24, 2.45) is 0 Å². The number of carbonyl (C=O) groups excluding carboxylic acids is 3. The second kappa shape index (κ2) is 6.01. The van der Waals surface area contributed by atoms with E-state index in [1.165, 1.54) is 12.1 Å². The second-order valence-corrected chi connectivity index (χ2v) is 7.12. The van der Waals surface area contributed by atoms with Crippen LogP contribution in [0.4, 0.5) is 10.5 Å². The molecule has 25 heavy (non-hydrogen) atoms. The van der Waals surface area contributed by atoms with Crippen LogP contribution in [0.15, 0.2) is 36.4 Å². The summed E-state index contributed by atoms with van der Waals surface area (Å²) in [5.41, 5.74) is 0.669. The third-order valence-electron chi connectivity index (χ3n) is 3.65. The summed E-state index contributed by atoms with van der Waals surface area (Å²) in [7, 11) is 0. The molecule has 3 rings (SSSR count). The number of anilines is 1. The Balaban J connectivity index is 2.00. The Kier molecular flexibility index (Phi) is 4.13. The first-order valence-corrected chi connectivity index (χ1v) is 8.07. The van der Waals surface area contributed by atoms with Gasteiger partial charge < -0.3 is 4.74 Å². The summed E-state index contributed by atoms with van der Waals surface area (Å²) in [5.74, 6) is -0.551. The summed E-state index contributed by atoms with van der Waals surface area (Å²) < 4.78 is 5.18. The van der Waals surface area contributed by atoms with Crippen molar-refractivity contribution in [2.75, 3.05) is 5.32 Å². The van der Waals surface area contributed by atoms with Crippen LogP contribution in [-0.4, -0.2) is 23.3 Å². The largest absolute Gasteiger partial charge is 0.444 e. The summed E-state index contributed by atoms with van der Waals surface area (Å²) in [4.78, 5) is 37.2. The molecule has 1 aliphatic carbocycles. The van der Waals surface area contributed by atoms with Gasteiger partial charge in [0.15, 0.2) is 11.6 Å². The van der Waals surface area contributed by atoms with E-state index in [1.807, 2.05) is 0 Å². The van der Waals surface area contributed by atoms with Gasteiger partial charge in [-0.15, -0.1) is 0 Å². The fourth-order valence-corrected chi connectivity index (χ4v) is 2.84. The Bertz CT molecular complexity index is 912. The number of amides is 1. The fraction of sp³-hybridized carbons (Fsp3) is 0.211. The minimum atomic E-state index is -0.690. The molecule has 1 aliphatic rings. The van der Waals surface area contributed by atoms with Crippen LogP contribution in [-0.2, 0) is 4.74 Å². The number of fused-ring (bicyclic) bond motifs is 2. The molecule has 0 aromatic heterocycles. The van der Waals surface area contributed by atoms with Crippen LogP contribution >= 0.6 is 11.6 Å². The molecule has 5 nitrogen and oxygen atoms in total. The zero-order chi connectivity index (χ0) is 18.4. The zero-order valence-electron chi connectivity index (χ0n) is 14.0. The van der Waals surface area contributed by atoms with Gasteiger partial charge in [0.05, 0.1) is 10.7 Å². The van der Waals surface area contributed by atoms with Gasteiger partial charge in [-0.3, -0.25) is 14.9 Å². The normalized spacial score (nSPS) is 13.1. The van der Waals surface area contributed by atoms with E-state index in [2.05, 4.69) is 5.32 Å². The molecule has 128 valence electrons. The van der Waals surface area contributed by atoms with E-state index in [4.69, 9.17) is 16.3 Å².